The van der Waals surface area contributed by atoms with Gasteiger partial charge in [0.05, 0.1) is 37.7 Å². The molecule has 1 heterocycles. The van der Waals surface area contributed by atoms with Gasteiger partial charge in [-0.05, 0) is 73.7 Å². The van der Waals surface area contributed by atoms with Crippen LogP contribution < -0.4 is 24.8 Å². The number of hydrogen-bond acceptors (Lipinski definition) is 6. The lowest BCUT2D eigenvalue weighted by molar-refractivity contribution is -0.116. The number of carbonyl (C=O) groups is 1. The third kappa shape index (κ3) is 4.63. The van der Waals surface area contributed by atoms with E-state index in [0.29, 0.717) is 31.1 Å². The summed E-state index contributed by atoms with van der Waals surface area (Å²) in [7, 11) is 1.64. The Morgan fingerprint density at radius 3 is 2.42 bits per heavy atom. The summed E-state index contributed by atoms with van der Waals surface area (Å²) in [6.07, 6.45) is 1.15. The molecule has 0 saturated heterocycles. The molecule has 1 aliphatic heterocycles. The Labute approximate surface area is 212 Å². The molecule has 0 fully saturated rings. The fraction of sp³-hybridized carbons (Fsp3) is 0.300. The number of methoxy groups -OCH3 is 1. The molecule has 0 amide bonds. The summed E-state index contributed by atoms with van der Waals surface area (Å²) in [4.78, 5) is 13.8. The Morgan fingerprint density at radius 2 is 1.64 bits per heavy atom. The Balaban J connectivity index is 1.55. The van der Waals surface area contributed by atoms with Crippen LogP contribution in [0.2, 0.25) is 0 Å². The summed E-state index contributed by atoms with van der Waals surface area (Å²) in [6, 6.07) is 21.8. The molecule has 36 heavy (non-hydrogen) atoms. The summed E-state index contributed by atoms with van der Waals surface area (Å²) >= 11 is 0. The maximum Gasteiger partial charge on any atom is 0.163 e. The van der Waals surface area contributed by atoms with Crippen molar-refractivity contribution in [3.8, 4) is 17.2 Å². The summed E-state index contributed by atoms with van der Waals surface area (Å²) < 4.78 is 17.0. The van der Waals surface area contributed by atoms with Crippen LogP contribution in [-0.2, 0) is 4.79 Å². The van der Waals surface area contributed by atoms with Crippen LogP contribution in [0.5, 0.6) is 17.2 Å². The number of hydrogen-bond donors (Lipinski definition) is 2. The van der Waals surface area contributed by atoms with Crippen LogP contribution in [-0.4, -0.2) is 26.1 Å². The van der Waals surface area contributed by atoms with E-state index in [2.05, 4.69) is 16.7 Å². The second-order valence-electron chi connectivity index (χ2n) is 9.02. The van der Waals surface area contributed by atoms with E-state index in [0.717, 1.165) is 45.9 Å². The van der Waals surface area contributed by atoms with E-state index in [1.807, 2.05) is 74.5 Å². The molecular formula is C30H32N2O4. The number of para-hydroxylation sites is 2. The number of ether oxygens (including phenoxy) is 3. The van der Waals surface area contributed by atoms with Gasteiger partial charge in [-0.2, -0.15) is 0 Å². The van der Waals surface area contributed by atoms with Crippen molar-refractivity contribution >= 4 is 17.2 Å². The molecule has 3 aromatic carbocycles. The number of carbonyl (C=O) groups excluding carboxylic acids is 1. The van der Waals surface area contributed by atoms with Gasteiger partial charge >= 0.3 is 0 Å². The number of ketones is 1. The maximum absolute atomic E-state index is 13.8. The van der Waals surface area contributed by atoms with E-state index in [1.54, 1.807) is 7.11 Å². The Hall–Kier alpha value is -3.93. The summed E-state index contributed by atoms with van der Waals surface area (Å²) in [5.74, 6) is 2.37. The fourth-order valence-electron chi connectivity index (χ4n) is 5.14. The first-order valence-electron chi connectivity index (χ1n) is 12.5. The molecule has 6 nitrogen and oxygen atoms in total. The molecule has 0 aromatic heterocycles. The van der Waals surface area contributed by atoms with Crippen molar-refractivity contribution in [2.75, 3.05) is 31.0 Å². The number of rotatable bonds is 7. The lowest BCUT2D eigenvalue weighted by atomic mass is 9.78. The van der Waals surface area contributed by atoms with Crippen molar-refractivity contribution in [2.24, 2.45) is 0 Å². The largest absolute Gasteiger partial charge is 0.494 e. The van der Waals surface area contributed by atoms with Gasteiger partial charge in [0.1, 0.15) is 5.75 Å². The van der Waals surface area contributed by atoms with E-state index >= 15 is 0 Å². The first kappa shape index (κ1) is 23.8. The van der Waals surface area contributed by atoms with Gasteiger partial charge in [-0.15, -0.1) is 0 Å². The average Bonchev–Trinajstić information content (AvgIpc) is 3.06. The van der Waals surface area contributed by atoms with Crippen LogP contribution in [0, 0.1) is 0 Å². The fourth-order valence-corrected chi connectivity index (χ4v) is 5.14. The number of Topliss-reactive ketones (excluding diaryl/α,β-unsaturated/α-hetero) is 1. The van der Waals surface area contributed by atoms with E-state index in [-0.39, 0.29) is 17.7 Å². The Morgan fingerprint density at radius 1 is 0.833 bits per heavy atom. The average molecular weight is 485 g/mol. The molecule has 0 radical (unpaired) electrons. The van der Waals surface area contributed by atoms with Gasteiger partial charge in [-0.1, -0.05) is 30.3 Å². The second kappa shape index (κ2) is 10.4. The van der Waals surface area contributed by atoms with Gasteiger partial charge in [-0.25, -0.2) is 0 Å². The number of anilines is 2. The molecule has 1 aliphatic carbocycles. The zero-order chi connectivity index (χ0) is 25.1. The molecule has 2 aliphatic rings. The Kier molecular flexibility index (Phi) is 6.85. The first-order valence-corrected chi connectivity index (χ1v) is 12.5. The number of fused-ring (bicyclic) bond motifs is 1. The molecule has 2 unspecified atom stereocenters. The van der Waals surface area contributed by atoms with E-state index in [1.165, 1.54) is 0 Å². The zero-order valence-electron chi connectivity index (χ0n) is 21.0. The minimum atomic E-state index is -0.278. The minimum absolute atomic E-state index is 0.0361. The van der Waals surface area contributed by atoms with Crippen molar-refractivity contribution in [3.63, 3.8) is 0 Å². The molecule has 186 valence electrons. The monoisotopic (exact) mass is 484 g/mol. The molecule has 2 N–H and O–H groups in total. The second-order valence-corrected chi connectivity index (χ2v) is 9.02. The van der Waals surface area contributed by atoms with Gasteiger partial charge in [0, 0.05) is 17.7 Å². The molecule has 0 spiro atoms. The van der Waals surface area contributed by atoms with Gasteiger partial charge in [0.25, 0.3) is 0 Å². The summed E-state index contributed by atoms with van der Waals surface area (Å²) in [6.45, 7) is 5.07. The van der Waals surface area contributed by atoms with E-state index < -0.39 is 0 Å². The topological polar surface area (TPSA) is 68.8 Å². The summed E-state index contributed by atoms with van der Waals surface area (Å²) in [5.41, 5.74) is 5.73. The van der Waals surface area contributed by atoms with Crippen molar-refractivity contribution < 1.29 is 19.0 Å². The smallest absolute Gasteiger partial charge is 0.163 e. The quantitative estimate of drug-likeness (QED) is 0.400. The van der Waals surface area contributed by atoms with Crippen LogP contribution in [0.15, 0.2) is 78.0 Å². The maximum atomic E-state index is 13.8. The van der Waals surface area contributed by atoms with Gasteiger partial charge in [0.2, 0.25) is 0 Å². The minimum Gasteiger partial charge on any atom is -0.494 e. The highest BCUT2D eigenvalue weighted by molar-refractivity contribution is 6.01. The third-order valence-corrected chi connectivity index (χ3v) is 6.77. The third-order valence-electron chi connectivity index (χ3n) is 6.77. The molecule has 0 saturated carbocycles. The highest BCUT2D eigenvalue weighted by Gasteiger charge is 2.36. The van der Waals surface area contributed by atoms with Crippen LogP contribution in [0.1, 0.15) is 49.8 Å². The van der Waals surface area contributed by atoms with Crippen molar-refractivity contribution in [1.29, 1.82) is 0 Å². The predicted molar refractivity (Wildman–Crippen MR) is 142 cm³/mol. The van der Waals surface area contributed by atoms with Crippen LogP contribution in [0.25, 0.3) is 0 Å². The predicted octanol–water partition coefficient (Wildman–Crippen LogP) is 6.47. The van der Waals surface area contributed by atoms with Gasteiger partial charge in [0.15, 0.2) is 17.3 Å². The molecule has 5 rings (SSSR count). The Bertz CT molecular complexity index is 1300. The van der Waals surface area contributed by atoms with Crippen LogP contribution in [0.3, 0.4) is 0 Å². The SMILES string of the molecule is CCOc1cccc(C2Nc3ccccc3NC3=C2C(=O)CC(c2ccc(OCC)c(OC)c2)C3)c1. The lowest BCUT2D eigenvalue weighted by Gasteiger charge is -2.30. The number of benzene rings is 3. The molecule has 3 aromatic rings. The van der Waals surface area contributed by atoms with Gasteiger partial charge in [-0.3, -0.25) is 4.79 Å². The van der Waals surface area contributed by atoms with E-state index in [4.69, 9.17) is 14.2 Å². The molecular weight excluding hydrogens is 452 g/mol. The highest BCUT2D eigenvalue weighted by atomic mass is 16.5. The van der Waals surface area contributed by atoms with Crippen molar-refractivity contribution in [1.82, 2.24) is 0 Å². The normalized spacial score (nSPS) is 18.8. The zero-order valence-corrected chi connectivity index (χ0v) is 21.0. The van der Waals surface area contributed by atoms with Crippen molar-refractivity contribution in [2.45, 2.75) is 38.6 Å². The molecule has 2 atom stereocenters. The molecule has 6 heteroatoms. The lowest BCUT2D eigenvalue weighted by Crippen LogP contribution is -2.27. The first-order chi connectivity index (χ1) is 17.6. The van der Waals surface area contributed by atoms with Gasteiger partial charge < -0.3 is 24.8 Å². The van der Waals surface area contributed by atoms with Crippen LogP contribution >= 0.6 is 0 Å². The summed E-state index contributed by atoms with van der Waals surface area (Å²) in [5, 5.41) is 7.24. The number of allylic oxidation sites excluding steroid dienone is 1. The molecule has 0 bridgehead atoms. The van der Waals surface area contributed by atoms with E-state index in [9.17, 15) is 4.79 Å². The highest BCUT2D eigenvalue weighted by Crippen LogP contribution is 2.45. The standard InChI is InChI=1S/C30H32N2O4/c1-4-35-22-10-8-9-20(15-22)30-29-25(31-23-11-6-7-12-24(23)32-30)16-21(17-26(29)33)19-13-14-27(36-5-2)28(18-19)34-3/h6-15,18,21,30-32H,4-5,16-17H2,1-3H3. The van der Waals surface area contributed by atoms with Crippen LogP contribution in [0.4, 0.5) is 11.4 Å². The number of nitrogens with one attached hydrogen (secondary N) is 2. The van der Waals surface area contributed by atoms with Crippen molar-refractivity contribution in [3.05, 3.63) is 89.1 Å².